The molecule has 0 radical (unpaired) electrons. The number of rotatable bonds is 4. The molecule has 0 fully saturated rings. The Kier molecular flexibility index (Phi) is 4.23. The zero-order valence-corrected chi connectivity index (χ0v) is 10.7. The van der Waals surface area contributed by atoms with Crippen molar-refractivity contribution in [2.45, 2.75) is 13.1 Å². The molecule has 17 heavy (non-hydrogen) atoms. The maximum Gasteiger partial charge on any atom is 0.137 e. The third-order valence-corrected chi connectivity index (χ3v) is 3.31. The summed E-state index contributed by atoms with van der Waals surface area (Å²) in [5, 5.41) is 3.26. The van der Waals surface area contributed by atoms with Gasteiger partial charge in [0.25, 0.3) is 0 Å². The van der Waals surface area contributed by atoms with E-state index < -0.39 is 0 Å². The second kappa shape index (κ2) is 5.89. The molecule has 1 aromatic carbocycles. The highest BCUT2D eigenvalue weighted by molar-refractivity contribution is 9.10. The Morgan fingerprint density at radius 1 is 1.12 bits per heavy atom. The predicted molar refractivity (Wildman–Crippen MR) is 68.9 cm³/mol. The number of halogens is 2. The quantitative estimate of drug-likeness (QED) is 0.936. The molecule has 0 saturated carbocycles. The summed E-state index contributed by atoms with van der Waals surface area (Å²) in [7, 11) is 0. The predicted octanol–water partition coefficient (Wildman–Crippen LogP) is 3.27. The van der Waals surface area contributed by atoms with Gasteiger partial charge in [-0.2, -0.15) is 0 Å². The number of hydrogen-bond acceptors (Lipinski definition) is 2. The summed E-state index contributed by atoms with van der Waals surface area (Å²) in [6.45, 7) is 1.37. The number of hydrogen-bond donors (Lipinski definition) is 1. The first-order chi connectivity index (χ1) is 8.27. The summed E-state index contributed by atoms with van der Waals surface area (Å²) in [4.78, 5) is 3.95. The Bertz CT molecular complexity index is 488. The highest BCUT2D eigenvalue weighted by Crippen LogP contribution is 2.20. The lowest BCUT2D eigenvalue weighted by Gasteiger charge is -2.07. The van der Waals surface area contributed by atoms with Crippen molar-refractivity contribution in [3.05, 3.63) is 64.1 Å². The van der Waals surface area contributed by atoms with E-state index in [2.05, 4.69) is 26.2 Å². The summed E-state index contributed by atoms with van der Waals surface area (Å²) in [5.41, 5.74) is 2.08. The van der Waals surface area contributed by atoms with Crippen LogP contribution in [-0.4, -0.2) is 4.98 Å². The maximum atomic E-state index is 13.2. The fourth-order valence-electron chi connectivity index (χ4n) is 1.53. The molecule has 0 aliphatic heterocycles. The Balaban J connectivity index is 1.93. The third-order valence-electron chi connectivity index (χ3n) is 2.43. The molecule has 2 aromatic rings. The second-order valence-corrected chi connectivity index (χ2v) is 4.46. The molecule has 0 amide bonds. The van der Waals surface area contributed by atoms with Gasteiger partial charge in [-0.1, -0.05) is 12.1 Å². The van der Waals surface area contributed by atoms with E-state index in [9.17, 15) is 4.39 Å². The van der Waals surface area contributed by atoms with Crippen LogP contribution in [-0.2, 0) is 13.1 Å². The van der Waals surface area contributed by atoms with E-state index in [1.165, 1.54) is 6.07 Å². The van der Waals surface area contributed by atoms with Crippen LogP contribution in [0.4, 0.5) is 4.39 Å². The van der Waals surface area contributed by atoms with Crippen LogP contribution in [0.5, 0.6) is 0 Å². The fraction of sp³-hybridized carbons (Fsp3) is 0.154. The van der Waals surface area contributed by atoms with Gasteiger partial charge in [0, 0.05) is 25.5 Å². The van der Waals surface area contributed by atoms with Crippen LogP contribution < -0.4 is 5.32 Å². The lowest BCUT2D eigenvalue weighted by molar-refractivity contribution is 0.612. The SMILES string of the molecule is Fc1cccc(CNCc2ccncc2)c1Br. The zero-order valence-electron chi connectivity index (χ0n) is 9.16. The Labute approximate surface area is 108 Å². The number of pyridine rings is 1. The van der Waals surface area contributed by atoms with Crippen molar-refractivity contribution >= 4 is 15.9 Å². The van der Waals surface area contributed by atoms with Gasteiger partial charge in [0.05, 0.1) is 4.47 Å². The molecule has 88 valence electrons. The maximum absolute atomic E-state index is 13.2. The molecule has 2 rings (SSSR count). The average Bonchev–Trinajstić information content (AvgIpc) is 2.36. The number of benzene rings is 1. The Morgan fingerprint density at radius 2 is 1.88 bits per heavy atom. The Hall–Kier alpha value is -1.26. The van der Waals surface area contributed by atoms with Crippen LogP contribution in [0.3, 0.4) is 0 Å². The third kappa shape index (κ3) is 3.35. The van der Waals surface area contributed by atoms with E-state index >= 15 is 0 Å². The van der Waals surface area contributed by atoms with Gasteiger partial charge in [0.2, 0.25) is 0 Å². The number of nitrogens with zero attached hydrogens (tertiary/aromatic N) is 1. The largest absolute Gasteiger partial charge is 0.309 e. The molecule has 0 aliphatic carbocycles. The van der Waals surface area contributed by atoms with Crippen LogP contribution in [0.1, 0.15) is 11.1 Å². The normalized spacial score (nSPS) is 10.5. The van der Waals surface area contributed by atoms with Crippen LogP contribution in [0.25, 0.3) is 0 Å². The molecule has 1 aromatic heterocycles. The highest BCUT2D eigenvalue weighted by Gasteiger charge is 2.04. The number of aromatic nitrogens is 1. The van der Waals surface area contributed by atoms with Crippen molar-refractivity contribution in [2.24, 2.45) is 0 Å². The highest BCUT2D eigenvalue weighted by atomic mass is 79.9. The fourth-order valence-corrected chi connectivity index (χ4v) is 1.93. The standard InChI is InChI=1S/C13H12BrFN2/c14-13-11(2-1-3-12(13)15)9-17-8-10-4-6-16-7-5-10/h1-7,17H,8-9H2. The minimum absolute atomic E-state index is 0.229. The lowest BCUT2D eigenvalue weighted by atomic mass is 10.2. The van der Waals surface area contributed by atoms with Crippen molar-refractivity contribution in [1.82, 2.24) is 10.3 Å². The summed E-state index contributed by atoms with van der Waals surface area (Å²) in [6.07, 6.45) is 3.52. The van der Waals surface area contributed by atoms with Gasteiger partial charge >= 0.3 is 0 Å². The van der Waals surface area contributed by atoms with Gasteiger partial charge in [-0.25, -0.2) is 4.39 Å². The molecule has 0 bridgehead atoms. The van der Waals surface area contributed by atoms with E-state index in [1.807, 2.05) is 18.2 Å². The second-order valence-electron chi connectivity index (χ2n) is 3.67. The van der Waals surface area contributed by atoms with Crippen LogP contribution >= 0.6 is 15.9 Å². The van der Waals surface area contributed by atoms with Crippen molar-refractivity contribution in [3.8, 4) is 0 Å². The first-order valence-electron chi connectivity index (χ1n) is 5.30. The Morgan fingerprint density at radius 3 is 2.65 bits per heavy atom. The molecule has 1 heterocycles. The van der Waals surface area contributed by atoms with Gasteiger partial charge in [-0.05, 0) is 45.3 Å². The van der Waals surface area contributed by atoms with Gasteiger partial charge in [-0.15, -0.1) is 0 Å². The molecule has 2 nitrogen and oxygen atoms in total. The molecular weight excluding hydrogens is 283 g/mol. The molecule has 0 aliphatic rings. The first-order valence-corrected chi connectivity index (χ1v) is 6.09. The molecule has 0 atom stereocenters. The van der Waals surface area contributed by atoms with Crippen molar-refractivity contribution < 1.29 is 4.39 Å². The topological polar surface area (TPSA) is 24.9 Å². The zero-order chi connectivity index (χ0) is 12.1. The van der Waals surface area contributed by atoms with Crippen LogP contribution in [0.2, 0.25) is 0 Å². The molecule has 0 saturated heterocycles. The molecular formula is C13H12BrFN2. The van der Waals surface area contributed by atoms with Crippen LogP contribution in [0, 0.1) is 5.82 Å². The van der Waals surface area contributed by atoms with Crippen molar-refractivity contribution in [1.29, 1.82) is 0 Å². The summed E-state index contributed by atoms with van der Waals surface area (Å²) >= 11 is 3.24. The first kappa shape index (κ1) is 12.2. The average molecular weight is 295 g/mol. The number of nitrogens with one attached hydrogen (secondary N) is 1. The van der Waals surface area contributed by atoms with Crippen molar-refractivity contribution in [3.63, 3.8) is 0 Å². The minimum Gasteiger partial charge on any atom is -0.309 e. The smallest absolute Gasteiger partial charge is 0.137 e. The lowest BCUT2D eigenvalue weighted by Crippen LogP contribution is -2.13. The summed E-state index contributed by atoms with van der Waals surface area (Å²) < 4.78 is 13.8. The van der Waals surface area contributed by atoms with E-state index in [0.717, 1.165) is 17.7 Å². The molecule has 1 N–H and O–H groups in total. The molecule has 4 heteroatoms. The van der Waals surface area contributed by atoms with E-state index in [1.54, 1.807) is 18.5 Å². The molecule has 0 spiro atoms. The van der Waals surface area contributed by atoms with Crippen molar-refractivity contribution in [2.75, 3.05) is 0 Å². The summed E-state index contributed by atoms with van der Waals surface area (Å²) in [5.74, 6) is -0.229. The monoisotopic (exact) mass is 294 g/mol. The van der Waals surface area contributed by atoms with Gasteiger partial charge in [0.1, 0.15) is 5.82 Å². The van der Waals surface area contributed by atoms with Crippen LogP contribution in [0.15, 0.2) is 47.2 Å². The van der Waals surface area contributed by atoms with E-state index in [0.29, 0.717) is 11.0 Å². The van der Waals surface area contributed by atoms with E-state index in [4.69, 9.17) is 0 Å². The van der Waals surface area contributed by atoms with Gasteiger partial charge in [0.15, 0.2) is 0 Å². The van der Waals surface area contributed by atoms with Gasteiger partial charge in [-0.3, -0.25) is 4.98 Å². The summed E-state index contributed by atoms with van der Waals surface area (Å²) in [6, 6.07) is 8.95. The van der Waals surface area contributed by atoms with Gasteiger partial charge < -0.3 is 5.32 Å². The molecule has 0 unspecified atom stereocenters. The minimum atomic E-state index is -0.229. The van der Waals surface area contributed by atoms with E-state index in [-0.39, 0.29) is 5.82 Å².